The van der Waals surface area contributed by atoms with E-state index in [0.29, 0.717) is 54.7 Å². The third kappa shape index (κ3) is 12.1. The van der Waals surface area contributed by atoms with Gasteiger partial charge in [-0.05, 0) is 54.6 Å². The van der Waals surface area contributed by atoms with Crippen LogP contribution in [0.1, 0.15) is 36.8 Å². The van der Waals surface area contributed by atoms with Gasteiger partial charge in [-0.1, -0.05) is 43.3 Å². The molecule has 5 aromatic rings. The Kier molecular flexibility index (Phi) is 15.0. The number of alkyl halides is 6. The maximum absolute atomic E-state index is 16.4. The number of amides is 2. The number of carboxylic acids is 2. The molecule has 2 aromatic heterocycles. The molecule has 3 heterocycles. The Morgan fingerprint density at radius 2 is 1.62 bits per heavy atom. The van der Waals surface area contributed by atoms with E-state index in [-0.39, 0.29) is 30.7 Å². The lowest BCUT2D eigenvalue weighted by atomic mass is 9.99. The number of benzene rings is 3. The largest absolute Gasteiger partial charge is 0.491 e. The molecule has 1 aliphatic heterocycles. The Morgan fingerprint density at radius 1 is 0.967 bits per heavy atom. The Labute approximate surface area is 336 Å². The van der Waals surface area contributed by atoms with Gasteiger partial charge in [0, 0.05) is 47.7 Å². The zero-order chi connectivity index (χ0) is 44.4. The fraction of sp³-hybridized carbons (Fsp3) is 0.282. The second-order valence-electron chi connectivity index (χ2n) is 12.7. The van der Waals surface area contributed by atoms with Crippen molar-refractivity contribution in [1.29, 1.82) is 0 Å². The van der Waals surface area contributed by atoms with Crippen LogP contribution < -0.4 is 21.1 Å². The summed E-state index contributed by atoms with van der Waals surface area (Å²) in [6.45, 7) is 4.80. The van der Waals surface area contributed by atoms with Crippen LogP contribution in [0, 0.1) is 5.82 Å². The number of pyridine rings is 1. The average Bonchev–Trinajstić information content (AvgIpc) is 3.61. The topological polar surface area (TPSA) is 202 Å². The molecule has 21 heteroatoms. The molecule has 0 aliphatic carbocycles. The van der Waals surface area contributed by atoms with Crippen LogP contribution in [0.2, 0.25) is 0 Å². The number of nitrogens with zero attached hydrogens (tertiary/aromatic N) is 4. The first kappa shape index (κ1) is 45.8. The molecule has 0 spiro atoms. The van der Waals surface area contributed by atoms with Crippen molar-refractivity contribution in [1.82, 2.24) is 24.8 Å². The van der Waals surface area contributed by atoms with Crippen molar-refractivity contribution in [3.05, 3.63) is 102 Å². The minimum Gasteiger partial charge on any atom is -0.491 e. The number of nitrogen functional groups attached to an aromatic ring is 1. The predicted octanol–water partition coefficient (Wildman–Crippen LogP) is 6.21. The van der Waals surface area contributed by atoms with Crippen LogP contribution in [-0.4, -0.2) is 92.0 Å². The highest BCUT2D eigenvalue weighted by molar-refractivity contribution is 5.93. The summed E-state index contributed by atoms with van der Waals surface area (Å²) in [7, 11) is 0. The average molecular weight is 850 g/mol. The molecule has 6 N–H and O–H groups in total. The molecular formula is C39H38F7N7O7. The highest BCUT2D eigenvalue weighted by Gasteiger charge is 2.39. The van der Waals surface area contributed by atoms with E-state index in [4.69, 9.17) is 35.3 Å². The number of nitrogens with two attached hydrogens (primary N) is 1. The zero-order valence-electron chi connectivity index (χ0n) is 31.8. The number of carbonyl (C=O) groups excluding carboxylic acids is 2. The number of aliphatic carboxylic acids is 2. The molecule has 1 atom stereocenters. The van der Waals surface area contributed by atoms with E-state index in [0.717, 1.165) is 21.9 Å². The summed E-state index contributed by atoms with van der Waals surface area (Å²) in [6.07, 6.45) is -6.07. The Bertz CT molecular complexity index is 2300. The van der Waals surface area contributed by atoms with Crippen LogP contribution in [0.5, 0.6) is 5.75 Å². The van der Waals surface area contributed by atoms with Crippen LogP contribution in [0.15, 0.2) is 79.1 Å². The molecule has 6 rings (SSSR count). The van der Waals surface area contributed by atoms with Gasteiger partial charge in [-0.2, -0.15) is 26.3 Å². The molecule has 0 radical (unpaired) electrons. The molecule has 0 bridgehead atoms. The van der Waals surface area contributed by atoms with Crippen molar-refractivity contribution in [2.45, 2.75) is 45.2 Å². The van der Waals surface area contributed by atoms with Crippen molar-refractivity contribution in [3.63, 3.8) is 0 Å². The SMILES string of the molecule is CCOc1cc(CC)cc(C(Nc2ccc3c(N)nccc3c2)c2nc(-c3ccccc3)cn2CC(=O)N2CCNC(=O)C2)c1F.O=C(O)C(F)(F)F.O=C(O)C(F)(F)F. The molecule has 1 aliphatic rings. The van der Waals surface area contributed by atoms with E-state index < -0.39 is 36.2 Å². The number of aryl methyl sites for hydroxylation is 1. The van der Waals surface area contributed by atoms with Gasteiger partial charge in [-0.25, -0.2) is 23.9 Å². The summed E-state index contributed by atoms with van der Waals surface area (Å²) in [4.78, 5) is 54.2. The van der Waals surface area contributed by atoms with E-state index in [1.54, 1.807) is 23.0 Å². The normalized spacial score (nSPS) is 13.2. The number of rotatable bonds is 10. The number of anilines is 2. The van der Waals surface area contributed by atoms with Crippen LogP contribution >= 0.6 is 0 Å². The van der Waals surface area contributed by atoms with Gasteiger partial charge in [0.2, 0.25) is 11.8 Å². The number of nitrogens with one attached hydrogen (secondary N) is 2. The fourth-order valence-corrected chi connectivity index (χ4v) is 5.73. The minimum absolute atomic E-state index is 0.0178. The number of carbonyl (C=O) groups is 4. The van der Waals surface area contributed by atoms with Gasteiger partial charge in [0.05, 0.1) is 18.8 Å². The highest BCUT2D eigenvalue weighted by Crippen LogP contribution is 2.36. The zero-order valence-corrected chi connectivity index (χ0v) is 31.8. The lowest BCUT2D eigenvalue weighted by Crippen LogP contribution is -2.50. The van der Waals surface area contributed by atoms with Crippen molar-refractivity contribution >= 4 is 46.0 Å². The predicted molar refractivity (Wildman–Crippen MR) is 203 cm³/mol. The van der Waals surface area contributed by atoms with Gasteiger partial charge in [-0.15, -0.1) is 0 Å². The number of imidazole rings is 1. The molecule has 1 fully saturated rings. The number of hydrogen-bond donors (Lipinski definition) is 5. The van der Waals surface area contributed by atoms with E-state index >= 15 is 4.39 Å². The maximum Gasteiger partial charge on any atom is 0.490 e. The van der Waals surface area contributed by atoms with Crippen LogP contribution in [0.25, 0.3) is 22.0 Å². The summed E-state index contributed by atoms with van der Waals surface area (Å²) in [5.74, 6) is -5.48. The van der Waals surface area contributed by atoms with Gasteiger partial charge in [0.25, 0.3) is 0 Å². The van der Waals surface area contributed by atoms with Crippen molar-refractivity contribution in [3.8, 4) is 17.0 Å². The monoisotopic (exact) mass is 849 g/mol. The second-order valence-corrected chi connectivity index (χ2v) is 12.7. The van der Waals surface area contributed by atoms with E-state index in [2.05, 4.69) is 15.6 Å². The molecule has 3 aromatic carbocycles. The summed E-state index contributed by atoms with van der Waals surface area (Å²) in [6, 6.07) is 19.8. The number of ether oxygens (including phenoxy) is 1. The molecule has 1 unspecified atom stereocenters. The van der Waals surface area contributed by atoms with Gasteiger partial charge < -0.3 is 40.8 Å². The molecule has 60 heavy (non-hydrogen) atoms. The number of carboxylic acid groups (broad SMARTS) is 2. The summed E-state index contributed by atoms with van der Waals surface area (Å²) in [5.41, 5.74) is 9.49. The number of piperazine rings is 1. The maximum atomic E-state index is 16.4. The quantitative estimate of drug-likeness (QED) is 0.100. The minimum atomic E-state index is -5.08. The molecule has 14 nitrogen and oxygen atoms in total. The van der Waals surface area contributed by atoms with Crippen LogP contribution in [0.4, 0.5) is 42.2 Å². The molecule has 0 saturated carbocycles. The van der Waals surface area contributed by atoms with Crippen molar-refractivity contribution in [2.75, 3.05) is 37.3 Å². The number of fused-ring (bicyclic) bond motifs is 1. The molecule has 320 valence electrons. The van der Waals surface area contributed by atoms with Gasteiger partial charge in [-0.3, -0.25) is 9.59 Å². The first-order valence-corrected chi connectivity index (χ1v) is 17.9. The Hall–Kier alpha value is -6.93. The number of hydrogen-bond acceptors (Lipinski definition) is 9. The first-order chi connectivity index (χ1) is 28.2. The fourth-order valence-electron chi connectivity index (χ4n) is 5.73. The summed E-state index contributed by atoms with van der Waals surface area (Å²) < 4.78 is 87.4. The van der Waals surface area contributed by atoms with Gasteiger partial charge in [0.15, 0.2) is 11.6 Å². The second kappa shape index (κ2) is 19.7. The third-order valence-electron chi connectivity index (χ3n) is 8.57. The summed E-state index contributed by atoms with van der Waals surface area (Å²) >= 11 is 0. The van der Waals surface area contributed by atoms with E-state index in [9.17, 15) is 35.9 Å². The molecular weight excluding hydrogens is 811 g/mol. The van der Waals surface area contributed by atoms with Gasteiger partial charge >= 0.3 is 24.3 Å². The third-order valence-corrected chi connectivity index (χ3v) is 8.57. The Morgan fingerprint density at radius 3 is 2.20 bits per heavy atom. The number of aromatic nitrogens is 3. The first-order valence-electron chi connectivity index (χ1n) is 17.9. The Balaban J connectivity index is 0.000000488. The van der Waals surface area contributed by atoms with E-state index in [1.807, 2.05) is 74.5 Å². The summed E-state index contributed by atoms with van der Waals surface area (Å²) in [5, 5.41) is 22.2. The van der Waals surface area contributed by atoms with Crippen molar-refractivity contribution < 1.29 is 64.9 Å². The highest BCUT2D eigenvalue weighted by atomic mass is 19.4. The smallest absolute Gasteiger partial charge is 0.490 e. The van der Waals surface area contributed by atoms with Gasteiger partial charge in [0.1, 0.15) is 24.2 Å². The van der Waals surface area contributed by atoms with Crippen LogP contribution in [-0.2, 0) is 32.1 Å². The lowest BCUT2D eigenvalue weighted by molar-refractivity contribution is -0.193. The number of halogens is 7. The van der Waals surface area contributed by atoms with E-state index in [1.165, 1.54) is 4.90 Å². The molecule has 1 saturated heterocycles. The molecule has 2 amide bonds. The van der Waals surface area contributed by atoms with Crippen LogP contribution in [0.3, 0.4) is 0 Å². The van der Waals surface area contributed by atoms with Crippen molar-refractivity contribution in [2.24, 2.45) is 0 Å². The standard InChI is InChI=1S/C35H36FN7O3.2C2HF3O2/c1-3-22-16-27(32(36)29(17-22)46-4-2)33(40-25-10-11-26-24(18-25)12-13-39-34(26)37)35-41-28(23-8-6-5-7-9-23)19-43(35)21-31(45)42-15-14-38-30(44)20-42;2*3-2(4,5)1(6)7/h5-13,16-19,33,40H,3-4,14-15,20-21H2,1-2H3,(H2,37,39)(H,38,44);2*(H,6,7). The lowest BCUT2D eigenvalue weighted by Gasteiger charge is -2.28.